The highest BCUT2D eigenvalue weighted by Gasteiger charge is 2.05. The number of anilines is 2. The Kier molecular flexibility index (Phi) is 6.22. The second-order valence-corrected chi connectivity index (χ2v) is 7.97. The van der Waals surface area contributed by atoms with Crippen LogP contribution in [0.15, 0.2) is 53.4 Å². The minimum atomic E-state index is -3.32. The van der Waals surface area contributed by atoms with Crippen LogP contribution in [0.3, 0.4) is 0 Å². The summed E-state index contributed by atoms with van der Waals surface area (Å²) >= 11 is 1.47. The molecule has 0 atom stereocenters. The number of nitrogens with one attached hydrogen (secondary N) is 2. The fraction of sp³-hybridized carbons (Fsp3) is 0.188. The molecular formula is C16H17FN2O3S2. The molecule has 0 bridgehead atoms. The second kappa shape index (κ2) is 8.16. The van der Waals surface area contributed by atoms with Crippen molar-refractivity contribution in [3.63, 3.8) is 0 Å². The van der Waals surface area contributed by atoms with Crippen LogP contribution in [0.25, 0.3) is 0 Å². The van der Waals surface area contributed by atoms with Crippen molar-refractivity contribution >= 4 is 39.1 Å². The van der Waals surface area contributed by atoms with Gasteiger partial charge in [-0.25, -0.2) is 12.8 Å². The molecule has 5 nitrogen and oxygen atoms in total. The Balaban J connectivity index is 1.78. The molecule has 0 spiro atoms. The van der Waals surface area contributed by atoms with Crippen molar-refractivity contribution < 1.29 is 17.6 Å². The van der Waals surface area contributed by atoms with E-state index in [9.17, 15) is 17.6 Å². The average Bonchev–Trinajstić information content (AvgIpc) is 2.50. The number of thioether (sulfide) groups is 1. The molecule has 0 aliphatic rings. The lowest BCUT2D eigenvalue weighted by Gasteiger charge is -2.07. The molecule has 0 saturated heterocycles. The Morgan fingerprint density at radius 1 is 1.04 bits per heavy atom. The first-order chi connectivity index (χ1) is 11.3. The van der Waals surface area contributed by atoms with Gasteiger partial charge in [-0.15, -0.1) is 11.8 Å². The van der Waals surface area contributed by atoms with Crippen LogP contribution in [0, 0.1) is 5.82 Å². The number of sulfonamides is 1. The van der Waals surface area contributed by atoms with Gasteiger partial charge in [0.05, 0.1) is 6.26 Å². The van der Waals surface area contributed by atoms with E-state index in [2.05, 4.69) is 10.0 Å². The third kappa shape index (κ3) is 6.59. The molecule has 0 fully saturated rings. The van der Waals surface area contributed by atoms with E-state index in [0.29, 0.717) is 23.5 Å². The average molecular weight is 368 g/mol. The van der Waals surface area contributed by atoms with Crippen LogP contribution in [0.1, 0.15) is 6.42 Å². The van der Waals surface area contributed by atoms with Gasteiger partial charge in [0.2, 0.25) is 15.9 Å². The van der Waals surface area contributed by atoms with Gasteiger partial charge in [0, 0.05) is 28.4 Å². The summed E-state index contributed by atoms with van der Waals surface area (Å²) in [6, 6.07) is 12.5. The summed E-state index contributed by atoms with van der Waals surface area (Å²) in [6.07, 6.45) is 1.38. The van der Waals surface area contributed by atoms with Crippen molar-refractivity contribution in [1.82, 2.24) is 0 Å². The number of amides is 1. The molecule has 2 aromatic rings. The standard InChI is InChI=1S/C16H17FN2O3S2/c1-24(21,22)19-14-6-4-13(5-7-14)18-16(20)10-11-23-15-8-2-12(17)3-9-15/h2-9,19H,10-11H2,1H3,(H,18,20). The van der Waals surface area contributed by atoms with Crippen LogP contribution < -0.4 is 10.0 Å². The lowest BCUT2D eigenvalue weighted by atomic mass is 10.3. The lowest BCUT2D eigenvalue weighted by molar-refractivity contribution is -0.115. The van der Waals surface area contributed by atoms with Crippen LogP contribution >= 0.6 is 11.8 Å². The number of benzene rings is 2. The summed E-state index contributed by atoms with van der Waals surface area (Å²) in [4.78, 5) is 12.8. The summed E-state index contributed by atoms with van der Waals surface area (Å²) in [5.41, 5.74) is 1.02. The third-order valence-electron chi connectivity index (χ3n) is 2.88. The smallest absolute Gasteiger partial charge is 0.229 e. The summed E-state index contributed by atoms with van der Waals surface area (Å²) in [7, 11) is -3.32. The summed E-state index contributed by atoms with van der Waals surface area (Å²) in [6.45, 7) is 0. The maximum Gasteiger partial charge on any atom is 0.229 e. The summed E-state index contributed by atoms with van der Waals surface area (Å²) < 4.78 is 37.4. The van der Waals surface area contributed by atoms with Gasteiger partial charge < -0.3 is 5.32 Å². The van der Waals surface area contributed by atoms with E-state index in [4.69, 9.17) is 0 Å². The molecule has 2 aromatic carbocycles. The first-order valence-electron chi connectivity index (χ1n) is 7.08. The zero-order valence-corrected chi connectivity index (χ0v) is 14.6. The van der Waals surface area contributed by atoms with E-state index in [1.54, 1.807) is 36.4 Å². The van der Waals surface area contributed by atoms with E-state index in [-0.39, 0.29) is 11.7 Å². The minimum absolute atomic E-state index is 0.145. The Morgan fingerprint density at radius 2 is 1.62 bits per heavy atom. The first-order valence-corrected chi connectivity index (χ1v) is 9.95. The number of hydrogen-bond acceptors (Lipinski definition) is 4. The SMILES string of the molecule is CS(=O)(=O)Nc1ccc(NC(=O)CCSc2ccc(F)cc2)cc1. The summed E-state index contributed by atoms with van der Waals surface area (Å²) in [5, 5.41) is 2.74. The van der Waals surface area contributed by atoms with Crippen LogP contribution in [0.2, 0.25) is 0 Å². The molecule has 1 amide bonds. The Labute approximate surface area is 144 Å². The van der Waals surface area contributed by atoms with Gasteiger partial charge in [-0.05, 0) is 48.5 Å². The van der Waals surface area contributed by atoms with Crippen molar-refractivity contribution in [1.29, 1.82) is 0 Å². The molecular weight excluding hydrogens is 351 g/mol. The van der Waals surface area contributed by atoms with Crippen LogP contribution in [0.4, 0.5) is 15.8 Å². The first kappa shape index (κ1) is 18.3. The van der Waals surface area contributed by atoms with Crippen molar-refractivity contribution in [2.75, 3.05) is 22.0 Å². The number of hydrogen-bond donors (Lipinski definition) is 2. The molecule has 0 aliphatic carbocycles. The third-order valence-corrected chi connectivity index (χ3v) is 4.50. The zero-order valence-electron chi connectivity index (χ0n) is 13.0. The quantitative estimate of drug-likeness (QED) is 0.735. The van der Waals surface area contributed by atoms with Gasteiger partial charge in [0.15, 0.2) is 0 Å². The van der Waals surface area contributed by atoms with E-state index >= 15 is 0 Å². The van der Waals surface area contributed by atoms with E-state index in [1.807, 2.05) is 0 Å². The molecule has 2 N–H and O–H groups in total. The van der Waals surface area contributed by atoms with Gasteiger partial charge in [-0.1, -0.05) is 0 Å². The van der Waals surface area contributed by atoms with Gasteiger partial charge in [-0.2, -0.15) is 0 Å². The largest absolute Gasteiger partial charge is 0.326 e. The van der Waals surface area contributed by atoms with Gasteiger partial charge >= 0.3 is 0 Å². The maximum atomic E-state index is 12.8. The van der Waals surface area contributed by atoms with Crippen LogP contribution in [-0.2, 0) is 14.8 Å². The Morgan fingerprint density at radius 3 is 2.21 bits per heavy atom. The molecule has 0 saturated carbocycles. The highest BCUT2D eigenvalue weighted by Crippen LogP contribution is 2.19. The Hall–Kier alpha value is -2.06. The molecule has 128 valence electrons. The van der Waals surface area contributed by atoms with Crippen molar-refractivity contribution in [2.24, 2.45) is 0 Å². The summed E-state index contributed by atoms with van der Waals surface area (Å²) in [5.74, 6) is 0.143. The van der Waals surface area contributed by atoms with Crippen molar-refractivity contribution in [2.45, 2.75) is 11.3 Å². The number of rotatable bonds is 7. The predicted molar refractivity (Wildman–Crippen MR) is 95.3 cm³/mol. The molecule has 0 aromatic heterocycles. The normalized spacial score (nSPS) is 11.1. The number of carbonyl (C=O) groups is 1. The highest BCUT2D eigenvalue weighted by atomic mass is 32.2. The zero-order chi connectivity index (χ0) is 17.6. The number of halogens is 1. The molecule has 0 radical (unpaired) electrons. The monoisotopic (exact) mass is 368 g/mol. The minimum Gasteiger partial charge on any atom is -0.326 e. The van der Waals surface area contributed by atoms with E-state index in [0.717, 1.165) is 11.2 Å². The van der Waals surface area contributed by atoms with Crippen LogP contribution in [0.5, 0.6) is 0 Å². The lowest BCUT2D eigenvalue weighted by Crippen LogP contribution is -2.12. The molecule has 0 unspecified atom stereocenters. The van der Waals surface area contributed by atoms with Gasteiger partial charge in [-0.3, -0.25) is 9.52 Å². The van der Waals surface area contributed by atoms with Crippen molar-refractivity contribution in [3.05, 3.63) is 54.3 Å². The number of carbonyl (C=O) groups excluding carboxylic acids is 1. The fourth-order valence-corrected chi connectivity index (χ4v) is 3.27. The van der Waals surface area contributed by atoms with E-state index in [1.165, 1.54) is 23.9 Å². The predicted octanol–water partition coefficient (Wildman–Crippen LogP) is 3.32. The van der Waals surface area contributed by atoms with Gasteiger partial charge in [0.1, 0.15) is 5.82 Å². The maximum absolute atomic E-state index is 12.8. The molecule has 0 aliphatic heterocycles. The van der Waals surface area contributed by atoms with Crippen molar-refractivity contribution in [3.8, 4) is 0 Å². The molecule has 0 heterocycles. The van der Waals surface area contributed by atoms with Crippen LogP contribution in [-0.4, -0.2) is 26.3 Å². The van der Waals surface area contributed by atoms with Gasteiger partial charge in [0.25, 0.3) is 0 Å². The van der Waals surface area contributed by atoms with E-state index < -0.39 is 10.0 Å². The topological polar surface area (TPSA) is 75.3 Å². The highest BCUT2D eigenvalue weighted by molar-refractivity contribution is 7.99. The molecule has 24 heavy (non-hydrogen) atoms. The molecule has 2 rings (SSSR count). The molecule has 8 heteroatoms. The second-order valence-electron chi connectivity index (χ2n) is 5.05. The Bertz CT molecular complexity index is 791. The fourth-order valence-electron chi connectivity index (χ4n) is 1.85.